The Labute approximate surface area is 109 Å². The fourth-order valence-corrected chi connectivity index (χ4v) is 2.87. The van der Waals surface area contributed by atoms with Gasteiger partial charge in [0.05, 0.1) is 11.7 Å². The summed E-state index contributed by atoms with van der Waals surface area (Å²) in [5, 5.41) is 8.95. The highest BCUT2D eigenvalue weighted by Gasteiger charge is 2.25. The summed E-state index contributed by atoms with van der Waals surface area (Å²) in [4.78, 5) is 0. The van der Waals surface area contributed by atoms with Crippen molar-refractivity contribution in [2.45, 2.75) is 39.2 Å². The van der Waals surface area contributed by atoms with Gasteiger partial charge in [-0.05, 0) is 49.3 Å². The van der Waals surface area contributed by atoms with E-state index in [0.29, 0.717) is 23.1 Å². The third kappa shape index (κ3) is 2.95. The van der Waals surface area contributed by atoms with Gasteiger partial charge in [-0.15, -0.1) is 0 Å². The molecular formula is C15H20N2O. The van der Waals surface area contributed by atoms with Crippen molar-refractivity contribution < 1.29 is 4.74 Å². The lowest BCUT2D eigenvalue weighted by Crippen LogP contribution is -2.28. The predicted octanol–water partition coefficient (Wildman–Crippen LogP) is 3.34. The quantitative estimate of drug-likeness (QED) is 0.812. The topological polar surface area (TPSA) is 59.0 Å². The molecule has 1 aliphatic rings. The van der Waals surface area contributed by atoms with Crippen LogP contribution in [0.1, 0.15) is 38.7 Å². The summed E-state index contributed by atoms with van der Waals surface area (Å²) in [6.07, 6.45) is 3.73. The molecule has 2 N–H and O–H groups in total. The highest BCUT2D eigenvalue weighted by atomic mass is 16.5. The van der Waals surface area contributed by atoms with Crippen LogP contribution in [0.25, 0.3) is 0 Å². The van der Waals surface area contributed by atoms with Gasteiger partial charge in [0.1, 0.15) is 11.8 Å². The van der Waals surface area contributed by atoms with Crippen LogP contribution < -0.4 is 10.5 Å². The average molecular weight is 244 g/mol. The molecule has 0 aromatic heterocycles. The number of benzene rings is 1. The minimum absolute atomic E-state index is 0.263. The maximum absolute atomic E-state index is 8.95. The molecule has 0 aliphatic heterocycles. The number of hydrogen-bond donors (Lipinski definition) is 1. The number of nitrogens with zero attached hydrogens (tertiary/aromatic N) is 1. The number of nitrogens with two attached hydrogens (primary N) is 1. The minimum atomic E-state index is 0.263. The first-order valence-electron chi connectivity index (χ1n) is 6.54. The molecule has 2 atom stereocenters. The minimum Gasteiger partial charge on any atom is -0.490 e. The molecule has 0 saturated heterocycles. The molecule has 3 heteroatoms. The average Bonchev–Trinajstić information content (AvgIpc) is 2.30. The standard InChI is InChI=1S/C15H20N2O/c1-10-5-11(2)7-14(6-10)18-13-3-4-15(17)12(8-13)9-16/h3-4,8,10-11,14H,5-7,17H2,1-2H3. The number of nitrogen functional groups attached to an aromatic ring is 1. The Morgan fingerprint density at radius 2 is 1.89 bits per heavy atom. The second kappa shape index (κ2) is 5.30. The molecule has 96 valence electrons. The van der Waals surface area contributed by atoms with Crippen LogP contribution >= 0.6 is 0 Å². The Morgan fingerprint density at radius 3 is 2.50 bits per heavy atom. The lowest BCUT2D eigenvalue weighted by Gasteiger charge is -2.31. The van der Waals surface area contributed by atoms with E-state index in [1.165, 1.54) is 6.42 Å². The molecule has 0 heterocycles. The van der Waals surface area contributed by atoms with E-state index in [9.17, 15) is 0 Å². The molecule has 1 aromatic rings. The van der Waals surface area contributed by atoms with Gasteiger partial charge >= 0.3 is 0 Å². The third-order valence-electron chi connectivity index (χ3n) is 3.58. The van der Waals surface area contributed by atoms with E-state index in [0.717, 1.165) is 18.6 Å². The summed E-state index contributed by atoms with van der Waals surface area (Å²) in [6.45, 7) is 4.55. The van der Waals surface area contributed by atoms with E-state index < -0.39 is 0 Å². The summed E-state index contributed by atoms with van der Waals surface area (Å²) in [7, 11) is 0. The molecule has 0 radical (unpaired) electrons. The summed E-state index contributed by atoms with van der Waals surface area (Å²) in [5.74, 6) is 2.18. The molecule has 1 saturated carbocycles. The van der Waals surface area contributed by atoms with Gasteiger partial charge in [-0.1, -0.05) is 13.8 Å². The molecule has 1 aromatic carbocycles. The van der Waals surface area contributed by atoms with Gasteiger partial charge in [-0.25, -0.2) is 0 Å². The van der Waals surface area contributed by atoms with Gasteiger partial charge in [0.2, 0.25) is 0 Å². The zero-order valence-corrected chi connectivity index (χ0v) is 11.0. The lowest BCUT2D eigenvalue weighted by atomic mass is 9.82. The highest BCUT2D eigenvalue weighted by molar-refractivity contribution is 5.56. The molecular weight excluding hydrogens is 224 g/mol. The monoisotopic (exact) mass is 244 g/mol. The first-order chi connectivity index (χ1) is 8.58. The Kier molecular flexibility index (Phi) is 3.76. The Balaban J connectivity index is 2.07. The highest BCUT2D eigenvalue weighted by Crippen LogP contribution is 2.31. The van der Waals surface area contributed by atoms with E-state index in [1.54, 1.807) is 12.1 Å². The summed E-state index contributed by atoms with van der Waals surface area (Å²) in [6, 6.07) is 7.41. The summed E-state index contributed by atoms with van der Waals surface area (Å²) >= 11 is 0. The number of nitriles is 1. The first-order valence-corrected chi connectivity index (χ1v) is 6.54. The van der Waals surface area contributed by atoms with E-state index in [1.807, 2.05) is 6.07 Å². The molecule has 3 nitrogen and oxygen atoms in total. The number of anilines is 1. The molecule has 18 heavy (non-hydrogen) atoms. The Hall–Kier alpha value is -1.69. The van der Waals surface area contributed by atoms with Gasteiger partial charge in [0, 0.05) is 5.69 Å². The van der Waals surface area contributed by atoms with Crippen LogP contribution in [0.4, 0.5) is 5.69 Å². The first kappa shape index (κ1) is 12.8. The fourth-order valence-electron chi connectivity index (χ4n) is 2.87. The van der Waals surface area contributed by atoms with Crippen molar-refractivity contribution in [3.63, 3.8) is 0 Å². The van der Waals surface area contributed by atoms with Crippen LogP contribution in [0.3, 0.4) is 0 Å². The molecule has 1 aliphatic carbocycles. The molecule has 2 rings (SSSR count). The van der Waals surface area contributed by atoms with E-state index in [2.05, 4.69) is 19.9 Å². The van der Waals surface area contributed by atoms with Gasteiger partial charge in [-0.2, -0.15) is 5.26 Å². The van der Waals surface area contributed by atoms with Crippen LogP contribution in [-0.2, 0) is 0 Å². The lowest BCUT2D eigenvalue weighted by molar-refractivity contribution is 0.101. The van der Waals surface area contributed by atoms with E-state index in [-0.39, 0.29) is 6.10 Å². The maximum Gasteiger partial charge on any atom is 0.121 e. The maximum atomic E-state index is 8.95. The van der Waals surface area contributed by atoms with Crippen LogP contribution in [-0.4, -0.2) is 6.10 Å². The predicted molar refractivity (Wildman–Crippen MR) is 72.2 cm³/mol. The Morgan fingerprint density at radius 1 is 1.22 bits per heavy atom. The van der Waals surface area contributed by atoms with Crippen LogP contribution in [0, 0.1) is 23.2 Å². The van der Waals surface area contributed by atoms with Crippen molar-refractivity contribution in [1.29, 1.82) is 5.26 Å². The second-order valence-corrected chi connectivity index (χ2v) is 5.52. The van der Waals surface area contributed by atoms with Gasteiger partial charge in [-0.3, -0.25) is 0 Å². The smallest absolute Gasteiger partial charge is 0.121 e. The molecule has 0 bridgehead atoms. The van der Waals surface area contributed by atoms with Crippen molar-refractivity contribution in [2.24, 2.45) is 11.8 Å². The molecule has 0 spiro atoms. The van der Waals surface area contributed by atoms with Crippen molar-refractivity contribution >= 4 is 5.69 Å². The summed E-state index contributed by atoms with van der Waals surface area (Å²) in [5.41, 5.74) is 6.70. The van der Waals surface area contributed by atoms with Crippen LogP contribution in [0.15, 0.2) is 18.2 Å². The van der Waals surface area contributed by atoms with Gasteiger partial charge in [0.15, 0.2) is 0 Å². The molecule has 1 fully saturated rings. The summed E-state index contributed by atoms with van der Waals surface area (Å²) < 4.78 is 5.99. The van der Waals surface area contributed by atoms with Gasteiger partial charge in [0.25, 0.3) is 0 Å². The van der Waals surface area contributed by atoms with Crippen LogP contribution in [0.2, 0.25) is 0 Å². The van der Waals surface area contributed by atoms with Gasteiger partial charge < -0.3 is 10.5 Å². The van der Waals surface area contributed by atoms with Crippen molar-refractivity contribution in [3.8, 4) is 11.8 Å². The molecule has 2 unspecified atom stereocenters. The largest absolute Gasteiger partial charge is 0.490 e. The SMILES string of the molecule is CC1CC(C)CC(Oc2ccc(N)c(C#N)c2)C1. The number of ether oxygens (including phenoxy) is 1. The number of hydrogen-bond acceptors (Lipinski definition) is 3. The zero-order valence-electron chi connectivity index (χ0n) is 11.0. The third-order valence-corrected chi connectivity index (χ3v) is 3.58. The second-order valence-electron chi connectivity index (χ2n) is 5.52. The van der Waals surface area contributed by atoms with Crippen molar-refractivity contribution in [2.75, 3.05) is 5.73 Å². The van der Waals surface area contributed by atoms with Crippen molar-refractivity contribution in [1.82, 2.24) is 0 Å². The van der Waals surface area contributed by atoms with E-state index >= 15 is 0 Å². The van der Waals surface area contributed by atoms with Crippen molar-refractivity contribution in [3.05, 3.63) is 23.8 Å². The normalized spacial score (nSPS) is 27.5. The Bertz CT molecular complexity index is 454. The molecule has 0 amide bonds. The number of rotatable bonds is 2. The zero-order chi connectivity index (χ0) is 13.1. The van der Waals surface area contributed by atoms with Crippen LogP contribution in [0.5, 0.6) is 5.75 Å². The van der Waals surface area contributed by atoms with E-state index in [4.69, 9.17) is 15.7 Å². The fraction of sp³-hybridized carbons (Fsp3) is 0.533.